The van der Waals surface area contributed by atoms with Gasteiger partial charge in [0, 0.05) is 81.2 Å². The number of halogens is 1. The molecule has 420 valence electrons. The van der Waals surface area contributed by atoms with E-state index in [0.29, 0.717) is 28.2 Å². The third-order valence-corrected chi connectivity index (χ3v) is 11.8. The lowest BCUT2D eigenvalue weighted by atomic mass is 10.0. The summed E-state index contributed by atoms with van der Waals surface area (Å²) in [5.41, 5.74) is 0.212. The summed E-state index contributed by atoms with van der Waals surface area (Å²) in [6.45, 7) is 2.57. The molecule has 1 aliphatic heterocycles. The van der Waals surface area contributed by atoms with Gasteiger partial charge in [0.2, 0.25) is 5.91 Å². The van der Waals surface area contributed by atoms with Crippen LogP contribution in [0.1, 0.15) is 29.2 Å². The number of hydrogen-bond acceptors (Lipinski definition) is 18. The first-order valence-corrected chi connectivity index (χ1v) is 24.8. The van der Waals surface area contributed by atoms with Crippen molar-refractivity contribution in [3.8, 4) is 17.2 Å². The molecule has 0 bridgehead atoms. The fourth-order valence-corrected chi connectivity index (χ4v) is 8.13. The van der Waals surface area contributed by atoms with Gasteiger partial charge in [0.1, 0.15) is 31.3 Å². The van der Waals surface area contributed by atoms with Crippen molar-refractivity contribution in [1.29, 1.82) is 0 Å². The number of aliphatic carboxylic acids is 4. The van der Waals surface area contributed by atoms with Crippen molar-refractivity contribution in [3.05, 3.63) is 80.7 Å². The number of aliphatic hydroxyl groups excluding tert-OH is 2. The van der Waals surface area contributed by atoms with Crippen molar-refractivity contribution in [3.63, 3.8) is 0 Å². The summed E-state index contributed by atoms with van der Waals surface area (Å²) in [5, 5.41) is 64.9. The molecule has 1 saturated heterocycles. The maximum absolute atomic E-state index is 14.2. The number of nitrogens with one attached hydrogen (secondary N) is 3. The van der Waals surface area contributed by atoms with Crippen molar-refractivity contribution < 1.29 is 83.1 Å². The van der Waals surface area contributed by atoms with Crippen LogP contribution in [-0.2, 0) is 40.0 Å². The molecule has 2 aromatic carbocycles. The number of anilines is 1. The largest absolute Gasteiger partial charge is 0.491 e. The number of carboxylic acids is 4. The van der Waals surface area contributed by atoms with Gasteiger partial charge in [0.15, 0.2) is 11.4 Å². The second-order valence-corrected chi connectivity index (χ2v) is 17.7. The SMILES string of the molecule is Cc1cn(Cc2c(Cl)cccc2OCCO)c(=O)c(NC(=O)N[C@@H](CC(=O)O)c2cccc(OCCO)c2)c1OCCOCCOCCNC(=O)CN1CCN(CC(=O)O)CCN(CC(=O)O)CCN(CC(=O)O)CC1. The third kappa shape index (κ3) is 22.7. The topological polar surface area (TPSA) is 341 Å². The van der Waals surface area contributed by atoms with Crippen molar-refractivity contribution >= 4 is 53.1 Å². The number of amides is 3. The Hall–Kier alpha value is -6.62. The number of aryl methyl sites for hydroxylation is 1. The van der Waals surface area contributed by atoms with Crippen LogP contribution in [0.5, 0.6) is 17.2 Å². The van der Waals surface area contributed by atoms with Gasteiger partial charge >= 0.3 is 29.9 Å². The highest BCUT2D eigenvalue weighted by molar-refractivity contribution is 6.31. The zero-order valence-corrected chi connectivity index (χ0v) is 43.1. The van der Waals surface area contributed by atoms with E-state index in [-0.39, 0.29) is 173 Å². The molecule has 76 heavy (non-hydrogen) atoms. The summed E-state index contributed by atoms with van der Waals surface area (Å²) in [7, 11) is 0. The highest BCUT2D eigenvalue weighted by Gasteiger charge is 2.25. The normalized spacial score (nSPS) is 14.6. The Labute approximate surface area is 443 Å². The molecule has 26 nitrogen and oxygen atoms in total. The summed E-state index contributed by atoms with van der Waals surface area (Å²) >= 11 is 6.55. The van der Waals surface area contributed by atoms with Crippen LogP contribution in [0.25, 0.3) is 0 Å². The lowest BCUT2D eigenvalue weighted by Crippen LogP contribution is -2.50. The maximum Gasteiger partial charge on any atom is 0.319 e. The van der Waals surface area contributed by atoms with E-state index >= 15 is 0 Å². The van der Waals surface area contributed by atoms with Gasteiger partial charge in [-0.15, -0.1) is 0 Å². The molecule has 0 radical (unpaired) electrons. The molecule has 4 rings (SSSR count). The summed E-state index contributed by atoms with van der Waals surface area (Å²) in [5.74, 6) is -4.08. The smallest absolute Gasteiger partial charge is 0.319 e. The highest BCUT2D eigenvalue weighted by atomic mass is 35.5. The van der Waals surface area contributed by atoms with Crippen LogP contribution < -0.4 is 35.7 Å². The number of ether oxygens (including phenoxy) is 5. The minimum atomic E-state index is -1.22. The standard InChI is InChI=1S/C49H69ClN8O18/c1-34-28-58(29-37-38(50)6-3-7-40(37)75-21-18-60)48(70)46(53-49(71)52-39(27-42(62)63)35-4-2-5-36(26-35)74-20-17-59)47(34)76-25-24-73-23-22-72-19-8-51-41(61)30-54-9-11-55(31-43(64)65)13-15-57(33-45(68)69)16-14-56(12-10-54)32-44(66)67/h2-7,26,28,39,59-60H,8-25,27,29-33H2,1H3,(H,51,61)(H,62,63)(H,64,65)(H,66,67)(H,68,69)(H2,52,53,71)/t39-/m0/s1. The summed E-state index contributed by atoms with van der Waals surface area (Å²) in [4.78, 5) is 94.4. The predicted octanol–water partition coefficient (Wildman–Crippen LogP) is -0.0583. The number of carbonyl (C=O) groups excluding carboxylic acids is 2. The van der Waals surface area contributed by atoms with Crippen LogP contribution in [0.4, 0.5) is 10.5 Å². The number of hydrogen-bond donors (Lipinski definition) is 9. The Bertz CT molecular complexity index is 2400. The zero-order valence-electron chi connectivity index (χ0n) is 42.4. The summed E-state index contributed by atoms with van der Waals surface area (Å²) in [6.07, 6.45) is 0.969. The van der Waals surface area contributed by atoms with E-state index in [1.807, 2.05) is 0 Å². The molecule has 1 aromatic heterocycles. The number of aromatic nitrogens is 1. The Kier molecular flexibility index (Phi) is 27.2. The van der Waals surface area contributed by atoms with Crippen LogP contribution >= 0.6 is 11.6 Å². The Morgan fingerprint density at radius 2 is 1.20 bits per heavy atom. The van der Waals surface area contributed by atoms with E-state index in [1.165, 1.54) is 16.8 Å². The fourth-order valence-electron chi connectivity index (χ4n) is 7.91. The Morgan fingerprint density at radius 1 is 0.658 bits per heavy atom. The molecule has 3 amide bonds. The van der Waals surface area contributed by atoms with E-state index < -0.39 is 47.9 Å². The quantitative estimate of drug-likeness (QED) is 0.0381. The first-order valence-electron chi connectivity index (χ1n) is 24.4. The average Bonchev–Trinajstić information content (AvgIpc) is 3.36. The van der Waals surface area contributed by atoms with Crippen LogP contribution in [0.3, 0.4) is 0 Å². The second kappa shape index (κ2) is 33.4. The van der Waals surface area contributed by atoms with Crippen LogP contribution in [-0.4, -0.2) is 235 Å². The van der Waals surface area contributed by atoms with Gasteiger partial charge in [0.05, 0.1) is 84.8 Å². The predicted molar refractivity (Wildman–Crippen MR) is 274 cm³/mol. The minimum absolute atomic E-state index is 0.00400. The monoisotopic (exact) mass is 1090 g/mol. The second-order valence-electron chi connectivity index (χ2n) is 17.3. The van der Waals surface area contributed by atoms with Crippen molar-refractivity contribution in [1.82, 2.24) is 34.8 Å². The lowest BCUT2D eigenvalue weighted by Gasteiger charge is -2.32. The molecule has 3 aromatic rings. The van der Waals surface area contributed by atoms with Crippen LogP contribution in [0.15, 0.2) is 53.5 Å². The average molecular weight is 1090 g/mol. The number of pyridine rings is 1. The van der Waals surface area contributed by atoms with Crippen LogP contribution in [0, 0.1) is 6.92 Å². The molecule has 0 aliphatic carbocycles. The minimum Gasteiger partial charge on any atom is -0.491 e. The molecule has 9 N–H and O–H groups in total. The van der Waals surface area contributed by atoms with Gasteiger partial charge < -0.3 is 74.8 Å². The molecule has 2 heterocycles. The number of carbonyl (C=O) groups is 6. The number of carboxylic acid groups (broad SMARTS) is 4. The van der Waals surface area contributed by atoms with E-state index in [2.05, 4.69) is 16.0 Å². The van der Waals surface area contributed by atoms with Gasteiger partial charge in [-0.3, -0.25) is 48.4 Å². The fraction of sp³-hybridized carbons (Fsp3) is 0.531. The molecular formula is C49H69ClN8O18. The molecule has 0 unspecified atom stereocenters. The van der Waals surface area contributed by atoms with E-state index in [4.69, 9.17) is 35.3 Å². The number of aliphatic hydroxyl groups is 2. The van der Waals surface area contributed by atoms with Gasteiger partial charge in [-0.25, -0.2) is 4.79 Å². The summed E-state index contributed by atoms with van der Waals surface area (Å²) < 4.78 is 29.8. The van der Waals surface area contributed by atoms with Crippen molar-refractivity contribution in [2.24, 2.45) is 0 Å². The molecule has 1 aliphatic rings. The molecule has 27 heteroatoms. The highest BCUT2D eigenvalue weighted by Crippen LogP contribution is 2.30. The molecule has 1 atom stereocenters. The number of nitrogens with zero attached hydrogens (tertiary/aromatic N) is 5. The Balaban J connectivity index is 1.34. The molecule has 1 fully saturated rings. The van der Waals surface area contributed by atoms with E-state index in [0.717, 1.165) is 0 Å². The molecule has 0 saturated carbocycles. The molecule has 0 spiro atoms. The lowest BCUT2D eigenvalue weighted by molar-refractivity contribution is -0.140. The first-order chi connectivity index (χ1) is 36.5. The Morgan fingerprint density at radius 3 is 1.76 bits per heavy atom. The zero-order chi connectivity index (χ0) is 55.4. The van der Waals surface area contributed by atoms with Crippen molar-refractivity contribution in [2.75, 3.05) is 150 Å². The van der Waals surface area contributed by atoms with E-state index in [1.54, 1.807) is 62.9 Å². The van der Waals surface area contributed by atoms with Crippen molar-refractivity contribution in [2.45, 2.75) is 25.9 Å². The van der Waals surface area contributed by atoms with Crippen LogP contribution in [0.2, 0.25) is 5.02 Å². The van der Waals surface area contributed by atoms with Gasteiger partial charge in [-0.05, 0) is 36.8 Å². The summed E-state index contributed by atoms with van der Waals surface area (Å²) in [6, 6.07) is 9.18. The van der Waals surface area contributed by atoms with Gasteiger partial charge in [0.25, 0.3) is 5.56 Å². The first kappa shape index (κ1) is 61.9. The number of benzene rings is 2. The van der Waals surface area contributed by atoms with E-state index in [9.17, 15) is 64.2 Å². The van der Waals surface area contributed by atoms with Gasteiger partial charge in [-0.1, -0.05) is 29.8 Å². The molecular weight excluding hydrogens is 1020 g/mol. The third-order valence-electron chi connectivity index (χ3n) is 11.5. The van der Waals surface area contributed by atoms with Gasteiger partial charge in [-0.2, -0.15) is 0 Å². The number of rotatable bonds is 31. The maximum atomic E-state index is 14.2. The number of urea groups is 1.